The van der Waals surface area contributed by atoms with Gasteiger partial charge in [-0.05, 0) is 34.5 Å². The number of thiophene rings is 1. The molecule has 112 valence electrons. The largest absolute Gasteiger partial charge is 0.366 e. The Morgan fingerprint density at radius 2 is 2.23 bits per heavy atom. The number of carbonyl (C=O) groups excluding carboxylic acids is 1. The highest BCUT2D eigenvalue weighted by atomic mass is 32.1. The van der Waals surface area contributed by atoms with Crippen LogP contribution in [-0.2, 0) is 13.1 Å². The maximum absolute atomic E-state index is 12.6. The fourth-order valence-electron chi connectivity index (χ4n) is 2.01. The van der Waals surface area contributed by atoms with Crippen LogP contribution in [0.2, 0.25) is 0 Å². The molecule has 0 fully saturated rings. The molecule has 3 N–H and O–H groups in total. The number of carbonyl (C=O) groups is 1. The van der Waals surface area contributed by atoms with Gasteiger partial charge >= 0.3 is 0 Å². The number of aromatic nitrogens is 4. The zero-order chi connectivity index (χ0) is 15.4. The molecular formula is C14H14N6OS. The molecule has 0 aliphatic rings. The van der Waals surface area contributed by atoms with E-state index in [9.17, 15) is 4.79 Å². The first-order valence-electron chi connectivity index (χ1n) is 6.60. The standard InChI is InChI=1S/C14H14N6OS/c15-14-17-12(18-19-14)13(21)20(7-10-4-6-22-9-10)8-11-3-1-2-5-16-11/h1-6,9H,7-8H2,(H3,15,17,18,19). The molecule has 0 atom stereocenters. The van der Waals surface area contributed by atoms with Gasteiger partial charge in [0.15, 0.2) is 0 Å². The summed E-state index contributed by atoms with van der Waals surface area (Å²) in [6, 6.07) is 7.59. The van der Waals surface area contributed by atoms with Crippen molar-refractivity contribution in [2.75, 3.05) is 5.73 Å². The van der Waals surface area contributed by atoms with Crippen LogP contribution in [0.1, 0.15) is 21.9 Å². The second-order valence-electron chi connectivity index (χ2n) is 4.66. The van der Waals surface area contributed by atoms with Gasteiger partial charge in [0.05, 0.1) is 12.2 Å². The Morgan fingerprint density at radius 3 is 2.86 bits per heavy atom. The molecule has 3 aromatic rings. The van der Waals surface area contributed by atoms with Crippen molar-refractivity contribution in [3.05, 3.63) is 58.3 Å². The molecule has 7 nitrogen and oxygen atoms in total. The third-order valence-corrected chi connectivity index (χ3v) is 3.76. The van der Waals surface area contributed by atoms with Crippen LogP contribution >= 0.6 is 11.3 Å². The van der Waals surface area contributed by atoms with Gasteiger partial charge in [-0.3, -0.25) is 14.9 Å². The predicted molar refractivity (Wildman–Crippen MR) is 82.9 cm³/mol. The predicted octanol–water partition coefficient (Wildman–Crippen LogP) is 1.69. The molecule has 0 spiro atoms. The number of nitrogens with zero attached hydrogens (tertiary/aromatic N) is 4. The van der Waals surface area contributed by atoms with E-state index >= 15 is 0 Å². The maximum Gasteiger partial charge on any atom is 0.291 e. The Morgan fingerprint density at radius 1 is 1.32 bits per heavy atom. The summed E-state index contributed by atoms with van der Waals surface area (Å²) in [4.78, 5) is 22.4. The van der Waals surface area contributed by atoms with Crippen LogP contribution in [0.5, 0.6) is 0 Å². The van der Waals surface area contributed by atoms with E-state index in [-0.39, 0.29) is 17.7 Å². The van der Waals surface area contributed by atoms with Gasteiger partial charge in [-0.25, -0.2) is 0 Å². The highest BCUT2D eigenvalue weighted by molar-refractivity contribution is 7.07. The van der Waals surface area contributed by atoms with E-state index < -0.39 is 0 Å². The lowest BCUT2D eigenvalue weighted by molar-refractivity contribution is 0.0716. The Balaban J connectivity index is 1.83. The molecule has 0 aliphatic carbocycles. The molecule has 1 amide bonds. The van der Waals surface area contributed by atoms with Gasteiger partial charge in [-0.15, -0.1) is 5.10 Å². The molecule has 0 aromatic carbocycles. The average molecular weight is 314 g/mol. The first kappa shape index (κ1) is 14.2. The van der Waals surface area contributed by atoms with E-state index in [0.717, 1.165) is 11.3 Å². The minimum absolute atomic E-state index is 0.0525. The van der Waals surface area contributed by atoms with E-state index in [1.54, 1.807) is 22.4 Å². The summed E-state index contributed by atoms with van der Waals surface area (Å²) in [6.07, 6.45) is 1.70. The molecule has 3 aromatic heterocycles. The Labute approximate surface area is 130 Å². The lowest BCUT2D eigenvalue weighted by atomic mass is 10.2. The molecule has 0 saturated carbocycles. The molecule has 22 heavy (non-hydrogen) atoms. The molecule has 8 heteroatoms. The summed E-state index contributed by atoms with van der Waals surface area (Å²) in [5.41, 5.74) is 7.33. The number of nitrogens with two attached hydrogens (primary N) is 1. The zero-order valence-electron chi connectivity index (χ0n) is 11.6. The first-order valence-corrected chi connectivity index (χ1v) is 7.55. The molecule has 0 bridgehead atoms. The molecule has 0 unspecified atom stereocenters. The number of pyridine rings is 1. The normalized spacial score (nSPS) is 10.5. The number of anilines is 1. The third kappa shape index (κ3) is 3.29. The summed E-state index contributed by atoms with van der Waals surface area (Å²) in [5.74, 6) is -0.0821. The summed E-state index contributed by atoms with van der Waals surface area (Å²) < 4.78 is 0. The quantitative estimate of drug-likeness (QED) is 0.746. The van der Waals surface area contributed by atoms with Gasteiger partial charge in [-0.2, -0.15) is 16.3 Å². The van der Waals surface area contributed by atoms with Crippen molar-refractivity contribution in [1.82, 2.24) is 25.1 Å². The van der Waals surface area contributed by atoms with Gasteiger partial charge < -0.3 is 10.6 Å². The zero-order valence-corrected chi connectivity index (χ0v) is 12.5. The number of nitrogen functional groups attached to an aromatic ring is 1. The fraction of sp³-hybridized carbons (Fsp3) is 0.143. The van der Waals surface area contributed by atoms with E-state index in [1.165, 1.54) is 0 Å². The second-order valence-corrected chi connectivity index (χ2v) is 5.44. The van der Waals surface area contributed by atoms with Gasteiger partial charge in [0.25, 0.3) is 5.91 Å². The Kier molecular flexibility index (Phi) is 4.10. The summed E-state index contributed by atoms with van der Waals surface area (Å²) in [5, 5.41) is 10.2. The highest BCUT2D eigenvalue weighted by Gasteiger charge is 2.20. The highest BCUT2D eigenvalue weighted by Crippen LogP contribution is 2.14. The smallest absolute Gasteiger partial charge is 0.291 e. The maximum atomic E-state index is 12.6. The Bertz CT molecular complexity index is 740. The van der Waals surface area contributed by atoms with Crippen LogP contribution in [-0.4, -0.2) is 31.0 Å². The monoisotopic (exact) mass is 314 g/mol. The van der Waals surface area contributed by atoms with E-state index in [1.807, 2.05) is 35.0 Å². The fourth-order valence-corrected chi connectivity index (χ4v) is 2.67. The van der Waals surface area contributed by atoms with Gasteiger partial charge in [-0.1, -0.05) is 6.07 Å². The van der Waals surface area contributed by atoms with Crippen molar-refractivity contribution >= 4 is 23.2 Å². The van der Waals surface area contributed by atoms with Gasteiger partial charge in [0.2, 0.25) is 11.8 Å². The summed E-state index contributed by atoms with van der Waals surface area (Å²) >= 11 is 1.59. The topological polar surface area (TPSA) is 101 Å². The molecule has 3 heterocycles. The summed E-state index contributed by atoms with van der Waals surface area (Å²) in [7, 11) is 0. The molecule has 0 radical (unpaired) electrons. The van der Waals surface area contributed by atoms with Gasteiger partial charge in [0, 0.05) is 12.7 Å². The number of hydrogen-bond acceptors (Lipinski definition) is 6. The number of hydrogen-bond donors (Lipinski definition) is 2. The number of nitrogens with one attached hydrogen (secondary N) is 1. The molecule has 0 aliphatic heterocycles. The SMILES string of the molecule is Nc1n[nH]c(C(=O)N(Cc2ccsc2)Cc2ccccn2)n1. The van der Waals surface area contributed by atoms with Crippen LogP contribution in [0.25, 0.3) is 0 Å². The third-order valence-electron chi connectivity index (χ3n) is 3.03. The number of H-pyrrole nitrogens is 1. The lowest BCUT2D eigenvalue weighted by Crippen LogP contribution is -2.31. The van der Waals surface area contributed by atoms with Crippen molar-refractivity contribution in [3.8, 4) is 0 Å². The van der Waals surface area contributed by atoms with Crippen molar-refractivity contribution in [2.45, 2.75) is 13.1 Å². The van der Waals surface area contributed by atoms with Gasteiger partial charge in [0.1, 0.15) is 0 Å². The summed E-state index contributed by atoms with van der Waals surface area (Å²) in [6.45, 7) is 0.857. The van der Waals surface area contributed by atoms with Crippen LogP contribution in [0, 0.1) is 0 Å². The van der Waals surface area contributed by atoms with Crippen molar-refractivity contribution in [1.29, 1.82) is 0 Å². The minimum Gasteiger partial charge on any atom is -0.366 e. The second kappa shape index (κ2) is 6.35. The van der Waals surface area contributed by atoms with E-state index in [2.05, 4.69) is 20.2 Å². The molecule has 0 saturated heterocycles. The molecule has 3 rings (SSSR count). The van der Waals surface area contributed by atoms with Crippen molar-refractivity contribution < 1.29 is 4.79 Å². The van der Waals surface area contributed by atoms with E-state index in [4.69, 9.17) is 5.73 Å². The van der Waals surface area contributed by atoms with Crippen molar-refractivity contribution in [3.63, 3.8) is 0 Å². The van der Waals surface area contributed by atoms with Crippen molar-refractivity contribution in [2.24, 2.45) is 0 Å². The minimum atomic E-state index is -0.263. The van der Waals surface area contributed by atoms with E-state index in [0.29, 0.717) is 13.1 Å². The lowest BCUT2D eigenvalue weighted by Gasteiger charge is -2.20. The van der Waals surface area contributed by atoms with Crippen LogP contribution < -0.4 is 5.73 Å². The average Bonchev–Trinajstić information content (AvgIpc) is 3.18. The van der Waals surface area contributed by atoms with Crippen LogP contribution in [0.15, 0.2) is 41.2 Å². The first-order chi connectivity index (χ1) is 10.7. The number of amides is 1. The Hall–Kier alpha value is -2.74. The van der Waals surface area contributed by atoms with Crippen LogP contribution in [0.3, 0.4) is 0 Å². The number of rotatable bonds is 5. The van der Waals surface area contributed by atoms with Crippen LogP contribution in [0.4, 0.5) is 5.95 Å². The molecular weight excluding hydrogens is 300 g/mol. The number of aromatic amines is 1.